The van der Waals surface area contributed by atoms with Gasteiger partial charge in [0, 0.05) is 0 Å². The van der Waals surface area contributed by atoms with E-state index in [4.69, 9.17) is 4.74 Å². The second kappa shape index (κ2) is 2.96. The van der Waals surface area contributed by atoms with E-state index in [2.05, 4.69) is 20.8 Å². The predicted octanol–water partition coefficient (Wildman–Crippen LogP) is 3.11. The van der Waals surface area contributed by atoms with Gasteiger partial charge in [0.2, 0.25) is 0 Å². The van der Waals surface area contributed by atoms with Crippen molar-refractivity contribution in [3.8, 4) is 0 Å². The SMILES string of the molecule is COC(=O)C(C)C1CCC2(C)[C@H]3CC4C(C13)[C@@]42C. The number of rotatable bonds is 2. The number of ether oxygens (including phenoxy) is 1. The molecule has 5 rings (SSSR count). The maximum absolute atomic E-state index is 11.9. The molecule has 0 radical (unpaired) electrons. The first-order valence-electron chi connectivity index (χ1n) is 7.54. The molecule has 0 aromatic heterocycles. The zero-order valence-electron chi connectivity index (χ0n) is 11.9. The van der Waals surface area contributed by atoms with Crippen LogP contribution < -0.4 is 0 Å². The number of hydrogen-bond donors (Lipinski definition) is 0. The molecule has 5 aliphatic carbocycles. The Morgan fingerprint density at radius 1 is 1.33 bits per heavy atom. The Bertz CT molecular complexity index is 431. The van der Waals surface area contributed by atoms with E-state index in [1.807, 2.05) is 0 Å². The van der Waals surface area contributed by atoms with Crippen LogP contribution in [0.3, 0.4) is 0 Å². The van der Waals surface area contributed by atoms with Crippen molar-refractivity contribution >= 4 is 5.97 Å². The summed E-state index contributed by atoms with van der Waals surface area (Å²) in [6.45, 7) is 7.17. The first kappa shape index (κ1) is 11.3. The lowest BCUT2D eigenvalue weighted by Gasteiger charge is -2.44. The van der Waals surface area contributed by atoms with Crippen LogP contribution in [0, 0.1) is 46.3 Å². The van der Waals surface area contributed by atoms with Crippen LogP contribution in [0.25, 0.3) is 0 Å². The first-order valence-corrected chi connectivity index (χ1v) is 7.54. The molecule has 100 valence electrons. The summed E-state index contributed by atoms with van der Waals surface area (Å²) in [5.41, 5.74) is 1.23. The highest BCUT2D eigenvalue weighted by atomic mass is 16.5. The number of esters is 1. The van der Waals surface area contributed by atoms with Crippen LogP contribution in [0.2, 0.25) is 0 Å². The maximum Gasteiger partial charge on any atom is 0.308 e. The van der Waals surface area contributed by atoms with Gasteiger partial charge in [0.1, 0.15) is 0 Å². The highest BCUT2D eigenvalue weighted by Gasteiger charge is 2.86. The zero-order valence-corrected chi connectivity index (χ0v) is 11.9. The number of methoxy groups -OCH3 is 1. The largest absolute Gasteiger partial charge is 0.469 e. The Balaban J connectivity index is 1.67. The maximum atomic E-state index is 11.9. The molecule has 0 spiro atoms. The Labute approximate surface area is 109 Å². The molecule has 0 aromatic rings. The third-order valence-electron chi connectivity index (χ3n) is 7.93. The van der Waals surface area contributed by atoms with Gasteiger partial charge in [-0.25, -0.2) is 0 Å². The van der Waals surface area contributed by atoms with Crippen LogP contribution in [0.15, 0.2) is 0 Å². The lowest BCUT2D eigenvalue weighted by atomic mass is 9.61. The van der Waals surface area contributed by atoms with Crippen molar-refractivity contribution < 1.29 is 9.53 Å². The van der Waals surface area contributed by atoms with E-state index < -0.39 is 0 Å². The van der Waals surface area contributed by atoms with Crippen molar-refractivity contribution in [2.75, 3.05) is 7.11 Å². The predicted molar refractivity (Wildman–Crippen MR) is 68.7 cm³/mol. The monoisotopic (exact) mass is 248 g/mol. The van der Waals surface area contributed by atoms with Crippen LogP contribution in [0.4, 0.5) is 0 Å². The quantitative estimate of drug-likeness (QED) is 0.702. The highest BCUT2D eigenvalue weighted by Crippen LogP contribution is 2.91. The molecule has 6 unspecified atom stereocenters. The molecule has 0 N–H and O–H groups in total. The molecule has 5 fully saturated rings. The standard InChI is InChI=1S/C16H24O2/c1-8(14(17)18-4)9-5-6-15(2)10-7-11-13(12(9)10)16(11,15)3/h8-13H,5-7H2,1-4H3/t8?,9?,10-,11?,12?,13?,15?,16+/m0/s1. The molecular weight excluding hydrogens is 224 g/mol. The zero-order chi connectivity index (χ0) is 12.9. The van der Waals surface area contributed by atoms with E-state index in [0.29, 0.717) is 16.7 Å². The van der Waals surface area contributed by atoms with E-state index >= 15 is 0 Å². The second-order valence-corrected chi connectivity index (χ2v) is 7.77. The van der Waals surface area contributed by atoms with Crippen molar-refractivity contribution in [2.45, 2.75) is 40.0 Å². The fourth-order valence-electron chi connectivity index (χ4n) is 6.89. The molecule has 2 nitrogen and oxygen atoms in total. The molecule has 5 saturated carbocycles. The molecule has 0 aliphatic heterocycles. The minimum atomic E-state index is 0.00931. The summed E-state index contributed by atoms with van der Waals surface area (Å²) in [7, 11) is 1.53. The van der Waals surface area contributed by atoms with Gasteiger partial charge in [0.05, 0.1) is 13.0 Å². The average molecular weight is 248 g/mol. The van der Waals surface area contributed by atoms with Crippen molar-refractivity contribution in [3.05, 3.63) is 0 Å². The Kier molecular flexibility index (Phi) is 1.86. The average Bonchev–Trinajstić information content (AvgIpc) is 2.67. The van der Waals surface area contributed by atoms with Gasteiger partial charge in [-0.1, -0.05) is 20.8 Å². The number of hydrogen-bond acceptors (Lipinski definition) is 2. The minimum Gasteiger partial charge on any atom is -0.469 e. The highest BCUT2D eigenvalue weighted by molar-refractivity contribution is 5.72. The molecular formula is C16H24O2. The minimum absolute atomic E-state index is 0.00931. The summed E-state index contributed by atoms with van der Waals surface area (Å²) in [6, 6.07) is 0. The Morgan fingerprint density at radius 3 is 2.67 bits per heavy atom. The molecule has 0 saturated heterocycles. The first-order chi connectivity index (χ1) is 8.46. The molecule has 0 aromatic carbocycles. The van der Waals surface area contributed by atoms with Crippen molar-refractivity contribution in [1.82, 2.24) is 0 Å². The normalized spacial score (nSPS) is 60.6. The summed E-state index contributed by atoms with van der Waals surface area (Å²) in [5, 5.41) is 0. The van der Waals surface area contributed by atoms with Crippen molar-refractivity contribution in [1.29, 1.82) is 0 Å². The lowest BCUT2D eigenvalue weighted by Crippen LogP contribution is -2.39. The summed E-state index contributed by atoms with van der Waals surface area (Å²) in [4.78, 5) is 11.9. The number of carbonyl (C=O) groups is 1. The van der Waals surface area contributed by atoms with Gasteiger partial charge in [0.25, 0.3) is 0 Å². The molecule has 8 atom stereocenters. The van der Waals surface area contributed by atoms with Gasteiger partial charge < -0.3 is 4.74 Å². The molecule has 2 heteroatoms. The summed E-state index contributed by atoms with van der Waals surface area (Å²) >= 11 is 0. The van der Waals surface area contributed by atoms with Crippen LogP contribution in [0.1, 0.15) is 40.0 Å². The van der Waals surface area contributed by atoms with E-state index in [0.717, 1.165) is 23.7 Å². The van der Waals surface area contributed by atoms with Gasteiger partial charge in [-0.2, -0.15) is 0 Å². The lowest BCUT2D eigenvalue weighted by molar-refractivity contribution is -0.148. The van der Waals surface area contributed by atoms with Gasteiger partial charge in [-0.05, 0) is 59.7 Å². The number of carbonyl (C=O) groups excluding carboxylic acids is 1. The van der Waals surface area contributed by atoms with Crippen LogP contribution in [-0.2, 0) is 9.53 Å². The van der Waals surface area contributed by atoms with Crippen LogP contribution >= 0.6 is 0 Å². The van der Waals surface area contributed by atoms with Gasteiger partial charge in [-0.3, -0.25) is 4.79 Å². The topological polar surface area (TPSA) is 26.3 Å². The Hall–Kier alpha value is -0.530. The van der Waals surface area contributed by atoms with Gasteiger partial charge in [0.15, 0.2) is 0 Å². The van der Waals surface area contributed by atoms with Gasteiger partial charge in [-0.15, -0.1) is 0 Å². The Morgan fingerprint density at radius 2 is 2.06 bits per heavy atom. The van der Waals surface area contributed by atoms with Crippen LogP contribution in [-0.4, -0.2) is 13.1 Å². The van der Waals surface area contributed by atoms with Crippen molar-refractivity contribution in [3.63, 3.8) is 0 Å². The third kappa shape index (κ3) is 0.886. The van der Waals surface area contributed by atoms with Gasteiger partial charge >= 0.3 is 5.97 Å². The molecule has 0 amide bonds. The van der Waals surface area contributed by atoms with E-state index in [1.165, 1.54) is 26.4 Å². The summed E-state index contributed by atoms with van der Waals surface area (Å²) in [6.07, 6.45) is 4.03. The fourth-order valence-corrected chi connectivity index (χ4v) is 6.89. The molecule has 18 heavy (non-hydrogen) atoms. The summed E-state index contributed by atoms with van der Waals surface area (Å²) in [5.74, 6) is 4.37. The van der Waals surface area contributed by atoms with E-state index in [-0.39, 0.29) is 11.9 Å². The molecule has 5 aliphatic rings. The second-order valence-electron chi connectivity index (χ2n) is 7.77. The molecule has 0 heterocycles. The fraction of sp³-hybridized carbons (Fsp3) is 0.938. The van der Waals surface area contributed by atoms with E-state index in [1.54, 1.807) is 0 Å². The smallest absolute Gasteiger partial charge is 0.308 e. The van der Waals surface area contributed by atoms with Crippen LogP contribution in [0.5, 0.6) is 0 Å². The van der Waals surface area contributed by atoms with Crippen molar-refractivity contribution in [2.24, 2.45) is 46.3 Å². The van der Waals surface area contributed by atoms with E-state index in [9.17, 15) is 4.79 Å². The third-order valence-corrected chi connectivity index (χ3v) is 7.93. The molecule has 6 bridgehead atoms. The summed E-state index contributed by atoms with van der Waals surface area (Å²) < 4.78 is 4.98.